The van der Waals surface area contributed by atoms with Gasteiger partial charge in [-0.2, -0.15) is 0 Å². The van der Waals surface area contributed by atoms with Gasteiger partial charge in [-0.15, -0.1) is 11.8 Å². The molecule has 148 valence electrons. The molecule has 0 fully saturated rings. The Morgan fingerprint density at radius 3 is 2.11 bits per heavy atom. The molecule has 0 aliphatic carbocycles. The fraction of sp³-hybridized carbons (Fsp3) is 0.478. The van der Waals surface area contributed by atoms with E-state index in [-0.39, 0.29) is 25.2 Å². The lowest BCUT2D eigenvalue weighted by Crippen LogP contribution is -2.17. The van der Waals surface area contributed by atoms with Crippen LogP contribution in [-0.4, -0.2) is 27.2 Å². The maximum atomic E-state index is 9.98. The third-order valence-corrected chi connectivity index (χ3v) is 6.24. The number of aliphatic hydroxyl groups is 3. The van der Waals surface area contributed by atoms with Gasteiger partial charge < -0.3 is 15.3 Å². The predicted octanol–water partition coefficient (Wildman–Crippen LogP) is 4.26. The minimum Gasteiger partial charge on any atom is -0.392 e. The highest BCUT2D eigenvalue weighted by molar-refractivity contribution is 7.99. The van der Waals surface area contributed by atoms with Crippen LogP contribution in [0.1, 0.15) is 48.1 Å². The first-order valence-corrected chi connectivity index (χ1v) is 10.7. The third-order valence-electron chi connectivity index (χ3n) is 4.96. The van der Waals surface area contributed by atoms with Gasteiger partial charge in [0.1, 0.15) is 0 Å². The van der Waals surface area contributed by atoms with Crippen LogP contribution < -0.4 is 0 Å². The van der Waals surface area contributed by atoms with E-state index in [0.717, 1.165) is 36.1 Å². The molecule has 1 unspecified atom stereocenters. The van der Waals surface area contributed by atoms with Crippen molar-refractivity contribution in [1.29, 1.82) is 0 Å². The molecule has 4 heteroatoms. The molecule has 0 saturated carbocycles. The number of hydrogen-bond donors (Lipinski definition) is 3. The molecule has 0 saturated heterocycles. The van der Waals surface area contributed by atoms with E-state index in [1.165, 1.54) is 21.6 Å². The summed E-state index contributed by atoms with van der Waals surface area (Å²) < 4.78 is 0. The van der Waals surface area contributed by atoms with E-state index in [9.17, 15) is 15.3 Å². The summed E-state index contributed by atoms with van der Waals surface area (Å²) in [6.45, 7) is 6.15. The van der Waals surface area contributed by atoms with Crippen molar-refractivity contribution in [3.8, 4) is 0 Å². The number of hydrogen-bond acceptors (Lipinski definition) is 4. The molecule has 0 aromatic heterocycles. The lowest BCUT2D eigenvalue weighted by Gasteiger charge is -2.15. The predicted molar refractivity (Wildman–Crippen MR) is 113 cm³/mol. The summed E-state index contributed by atoms with van der Waals surface area (Å²) >= 11 is 1.73. The second kappa shape index (κ2) is 10.9. The number of benzene rings is 2. The molecule has 2 rings (SSSR count). The van der Waals surface area contributed by atoms with Crippen molar-refractivity contribution in [3.05, 3.63) is 64.2 Å². The van der Waals surface area contributed by atoms with Crippen LogP contribution in [-0.2, 0) is 26.1 Å². The Hall–Kier alpha value is -1.33. The van der Waals surface area contributed by atoms with E-state index in [1.807, 2.05) is 32.0 Å². The molecule has 3 N–H and O–H groups in total. The van der Waals surface area contributed by atoms with Gasteiger partial charge >= 0.3 is 0 Å². The zero-order chi connectivity index (χ0) is 19.8. The second-order valence-electron chi connectivity index (χ2n) is 7.50. The molecule has 0 aliphatic heterocycles. The van der Waals surface area contributed by atoms with Gasteiger partial charge in [-0.05, 0) is 66.0 Å². The number of rotatable bonds is 10. The average Bonchev–Trinajstić information content (AvgIpc) is 2.66. The first-order valence-electron chi connectivity index (χ1n) is 9.67. The summed E-state index contributed by atoms with van der Waals surface area (Å²) in [4.78, 5) is 1.24. The number of aryl methyl sites for hydroxylation is 3. The number of aliphatic hydroxyl groups excluding tert-OH is 3. The van der Waals surface area contributed by atoms with Crippen LogP contribution >= 0.6 is 11.8 Å². The van der Waals surface area contributed by atoms with Gasteiger partial charge in [-0.1, -0.05) is 44.2 Å². The third kappa shape index (κ3) is 6.65. The van der Waals surface area contributed by atoms with Crippen molar-refractivity contribution in [2.45, 2.75) is 64.2 Å². The molecule has 0 spiro atoms. The Morgan fingerprint density at radius 2 is 1.52 bits per heavy atom. The van der Waals surface area contributed by atoms with Crippen molar-refractivity contribution >= 4 is 11.8 Å². The van der Waals surface area contributed by atoms with E-state index < -0.39 is 0 Å². The van der Waals surface area contributed by atoms with Crippen molar-refractivity contribution in [3.63, 3.8) is 0 Å². The molecular weight excluding hydrogens is 356 g/mol. The normalized spacial score (nSPS) is 12.6. The fourth-order valence-electron chi connectivity index (χ4n) is 3.03. The molecule has 0 aliphatic rings. The Morgan fingerprint density at radius 1 is 0.889 bits per heavy atom. The highest BCUT2D eigenvalue weighted by atomic mass is 32.2. The standard InChI is InChI=1S/C23H32O3S/c1-16(2)22(26)15-27-23-10-8-18(11-17(23)3)5-4-6-19-7-9-20(13-24)21(12-19)14-25/h7-12,16,22,24-26H,4-6,13-15H2,1-3H3. The molecule has 1 atom stereocenters. The van der Waals surface area contributed by atoms with Crippen LogP contribution in [0.25, 0.3) is 0 Å². The molecule has 27 heavy (non-hydrogen) atoms. The molecule has 2 aromatic carbocycles. The van der Waals surface area contributed by atoms with Crippen LogP contribution in [0.15, 0.2) is 41.3 Å². The summed E-state index contributed by atoms with van der Waals surface area (Å²) in [5.74, 6) is 1.02. The van der Waals surface area contributed by atoms with Crippen LogP contribution in [0.4, 0.5) is 0 Å². The lowest BCUT2D eigenvalue weighted by molar-refractivity contribution is 0.149. The SMILES string of the molecule is Cc1cc(CCCc2ccc(CO)c(CO)c2)ccc1SCC(O)C(C)C. The molecule has 0 bridgehead atoms. The lowest BCUT2D eigenvalue weighted by atomic mass is 9.99. The van der Waals surface area contributed by atoms with Crippen molar-refractivity contribution in [2.24, 2.45) is 5.92 Å². The summed E-state index contributed by atoms with van der Waals surface area (Å²) in [7, 11) is 0. The van der Waals surface area contributed by atoms with Gasteiger partial charge in [-0.3, -0.25) is 0 Å². The fourth-order valence-corrected chi connectivity index (χ4v) is 4.22. The first kappa shape index (κ1) is 22.0. The molecule has 3 nitrogen and oxygen atoms in total. The van der Waals surface area contributed by atoms with E-state index >= 15 is 0 Å². The Kier molecular flexibility index (Phi) is 8.84. The van der Waals surface area contributed by atoms with Gasteiger partial charge in [0.15, 0.2) is 0 Å². The zero-order valence-corrected chi connectivity index (χ0v) is 17.4. The van der Waals surface area contributed by atoms with E-state index in [4.69, 9.17) is 0 Å². The van der Waals surface area contributed by atoms with E-state index in [2.05, 4.69) is 25.1 Å². The minimum absolute atomic E-state index is 0.0337. The Labute approximate surface area is 167 Å². The topological polar surface area (TPSA) is 60.7 Å². The van der Waals surface area contributed by atoms with Crippen molar-refractivity contribution in [1.82, 2.24) is 0 Å². The highest BCUT2D eigenvalue weighted by Crippen LogP contribution is 2.26. The Bertz CT molecular complexity index is 728. The van der Waals surface area contributed by atoms with Gasteiger partial charge in [0.05, 0.1) is 19.3 Å². The molecule has 0 amide bonds. The van der Waals surface area contributed by atoms with Crippen molar-refractivity contribution in [2.75, 3.05) is 5.75 Å². The zero-order valence-electron chi connectivity index (χ0n) is 16.6. The minimum atomic E-state index is -0.268. The van der Waals surface area contributed by atoms with Crippen molar-refractivity contribution < 1.29 is 15.3 Å². The van der Waals surface area contributed by atoms with Crippen LogP contribution in [0, 0.1) is 12.8 Å². The van der Waals surface area contributed by atoms with Gasteiger partial charge in [0.25, 0.3) is 0 Å². The Balaban J connectivity index is 1.88. The average molecular weight is 389 g/mol. The highest BCUT2D eigenvalue weighted by Gasteiger charge is 2.11. The second-order valence-corrected chi connectivity index (χ2v) is 8.56. The van der Waals surface area contributed by atoms with Crippen LogP contribution in [0.5, 0.6) is 0 Å². The molecule has 0 heterocycles. The summed E-state index contributed by atoms with van der Waals surface area (Å²) in [6.07, 6.45) is 2.74. The summed E-state index contributed by atoms with van der Waals surface area (Å²) in [5, 5.41) is 28.7. The smallest absolute Gasteiger partial charge is 0.0685 e. The van der Waals surface area contributed by atoms with Crippen LogP contribution in [0.2, 0.25) is 0 Å². The first-order chi connectivity index (χ1) is 12.9. The van der Waals surface area contributed by atoms with E-state index in [0.29, 0.717) is 0 Å². The van der Waals surface area contributed by atoms with Gasteiger partial charge in [0.2, 0.25) is 0 Å². The maximum absolute atomic E-state index is 9.98. The van der Waals surface area contributed by atoms with Gasteiger partial charge in [-0.25, -0.2) is 0 Å². The summed E-state index contributed by atoms with van der Waals surface area (Å²) in [5.41, 5.74) is 5.41. The van der Waals surface area contributed by atoms with E-state index in [1.54, 1.807) is 11.8 Å². The molecular formula is C23H32O3S. The quantitative estimate of drug-likeness (QED) is 0.532. The van der Waals surface area contributed by atoms with Crippen LogP contribution in [0.3, 0.4) is 0 Å². The maximum Gasteiger partial charge on any atom is 0.0685 e. The molecule has 0 radical (unpaired) electrons. The number of thioether (sulfide) groups is 1. The summed E-state index contributed by atoms with van der Waals surface area (Å²) in [6, 6.07) is 12.5. The van der Waals surface area contributed by atoms with Gasteiger partial charge in [0, 0.05) is 10.6 Å². The molecule has 2 aromatic rings. The monoisotopic (exact) mass is 388 g/mol. The largest absolute Gasteiger partial charge is 0.392 e.